The molecule has 0 unspecified atom stereocenters. The maximum atomic E-state index is 12.1. The number of hydrogen-bond donors (Lipinski definition) is 1. The van der Waals surface area contributed by atoms with Crippen molar-refractivity contribution in [2.75, 3.05) is 6.61 Å². The first-order chi connectivity index (χ1) is 12.2. The first kappa shape index (κ1) is 16.4. The van der Waals surface area contributed by atoms with Gasteiger partial charge in [-0.05, 0) is 31.2 Å². The Balaban J connectivity index is 1.84. The lowest BCUT2D eigenvalue weighted by atomic mass is 10.1. The van der Waals surface area contributed by atoms with Crippen molar-refractivity contribution in [3.63, 3.8) is 0 Å². The molecule has 0 fully saturated rings. The van der Waals surface area contributed by atoms with Gasteiger partial charge in [-0.15, -0.1) is 5.10 Å². The molecular formula is C18H15N3O4. The van der Waals surface area contributed by atoms with E-state index in [2.05, 4.69) is 15.4 Å². The highest BCUT2D eigenvalue weighted by Crippen LogP contribution is 2.25. The summed E-state index contributed by atoms with van der Waals surface area (Å²) in [6, 6.07) is 15.4. The lowest BCUT2D eigenvalue weighted by Crippen LogP contribution is -2.08. The molecule has 0 radical (unpaired) electrons. The molecule has 2 aromatic carbocycles. The summed E-state index contributed by atoms with van der Waals surface area (Å²) >= 11 is 0. The van der Waals surface area contributed by atoms with E-state index in [1.807, 2.05) is 6.07 Å². The van der Waals surface area contributed by atoms with Crippen LogP contribution in [0.5, 0.6) is 5.75 Å². The molecule has 0 aliphatic carbocycles. The molecule has 126 valence electrons. The molecule has 1 aromatic heterocycles. The van der Waals surface area contributed by atoms with Gasteiger partial charge in [0.1, 0.15) is 11.4 Å². The fourth-order valence-electron chi connectivity index (χ4n) is 2.22. The van der Waals surface area contributed by atoms with E-state index in [1.54, 1.807) is 55.5 Å². The molecule has 1 heterocycles. The zero-order valence-electron chi connectivity index (χ0n) is 13.4. The van der Waals surface area contributed by atoms with E-state index in [4.69, 9.17) is 9.47 Å². The lowest BCUT2D eigenvalue weighted by Gasteiger charge is -2.06. The van der Waals surface area contributed by atoms with E-state index in [0.29, 0.717) is 22.6 Å². The molecular weight excluding hydrogens is 322 g/mol. The van der Waals surface area contributed by atoms with Crippen molar-refractivity contribution < 1.29 is 19.1 Å². The number of carbonyl (C=O) groups excluding carboxylic acids is 2. The van der Waals surface area contributed by atoms with Crippen LogP contribution in [0.15, 0.2) is 54.6 Å². The van der Waals surface area contributed by atoms with Gasteiger partial charge in [-0.1, -0.05) is 30.3 Å². The van der Waals surface area contributed by atoms with Gasteiger partial charge in [0.2, 0.25) is 0 Å². The number of nitrogens with one attached hydrogen (secondary N) is 1. The standard InChI is InChI=1S/C18H15N3O4/c1-2-24-18(23)16-15(19-21-20-16)13-9-6-10-14(11-13)25-17(22)12-7-4-3-5-8-12/h3-11H,2H2,1H3,(H,19,20,21). The van der Waals surface area contributed by atoms with E-state index >= 15 is 0 Å². The van der Waals surface area contributed by atoms with Gasteiger partial charge in [0, 0.05) is 5.56 Å². The molecule has 25 heavy (non-hydrogen) atoms. The fourth-order valence-corrected chi connectivity index (χ4v) is 2.22. The number of hydrogen-bond acceptors (Lipinski definition) is 6. The summed E-state index contributed by atoms with van der Waals surface area (Å²) in [5.74, 6) is -0.703. The number of rotatable bonds is 5. The van der Waals surface area contributed by atoms with Crippen LogP contribution in [-0.2, 0) is 4.74 Å². The van der Waals surface area contributed by atoms with Crippen molar-refractivity contribution in [3.8, 4) is 17.0 Å². The fraction of sp³-hybridized carbons (Fsp3) is 0.111. The van der Waals surface area contributed by atoms with E-state index in [1.165, 1.54) is 0 Å². The van der Waals surface area contributed by atoms with Gasteiger partial charge in [0.05, 0.1) is 12.2 Å². The van der Waals surface area contributed by atoms with Crippen molar-refractivity contribution >= 4 is 11.9 Å². The highest BCUT2D eigenvalue weighted by Gasteiger charge is 2.19. The van der Waals surface area contributed by atoms with Gasteiger partial charge in [-0.3, -0.25) is 0 Å². The molecule has 7 heteroatoms. The van der Waals surface area contributed by atoms with Crippen LogP contribution in [-0.4, -0.2) is 34.0 Å². The van der Waals surface area contributed by atoms with Crippen LogP contribution < -0.4 is 4.74 Å². The summed E-state index contributed by atoms with van der Waals surface area (Å²) < 4.78 is 10.3. The Morgan fingerprint density at radius 1 is 1.00 bits per heavy atom. The minimum atomic E-state index is -0.571. The average Bonchev–Trinajstić information content (AvgIpc) is 3.13. The van der Waals surface area contributed by atoms with Crippen LogP contribution in [0.3, 0.4) is 0 Å². The maximum absolute atomic E-state index is 12.1. The largest absolute Gasteiger partial charge is 0.461 e. The number of benzene rings is 2. The van der Waals surface area contributed by atoms with Gasteiger partial charge in [-0.2, -0.15) is 10.3 Å². The SMILES string of the molecule is CCOC(=O)c1n[nH]nc1-c1cccc(OC(=O)c2ccccc2)c1. The van der Waals surface area contributed by atoms with Gasteiger partial charge < -0.3 is 9.47 Å². The van der Waals surface area contributed by atoms with Crippen LogP contribution in [0.4, 0.5) is 0 Å². The molecule has 0 aliphatic rings. The second-order valence-corrected chi connectivity index (χ2v) is 5.02. The van der Waals surface area contributed by atoms with Crippen molar-refractivity contribution in [1.82, 2.24) is 15.4 Å². The summed E-state index contributed by atoms with van der Waals surface area (Å²) in [4.78, 5) is 24.1. The molecule has 0 bridgehead atoms. The number of H-pyrrole nitrogens is 1. The zero-order valence-corrected chi connectivity index (χ0v) is 13.4. The number of aromatic amines is 1. The predicted octanol–water partition coefficient (Wildman–Crippen LogP) is 2.87. The Kier molecular flexibility index (Phi) is 4.84. The zero-order chi connectivity index (χ0) is 17.6. The van der Waals surface area contributed by atoms with E-state index in [-0.39, 0.29) is 12.3 Å². The summed E-state index contributed by atoms with van der Waals surface area (Å²) in [5, 5.41) is 10.2. The molecule has 3 rings (SSSR count). The van der Waals surface area contributed by atoms with Gasteiger partial charge >= 0.3 is 11.9 Å². The monoisotopic (exact) mass is 337 g/mol. The average molecular weight is 337 g/mol. The normalized spacial score (nSPS) is 10.3. The van der Waals surface area contributed by atoms with Gasteiger partial charge in [-0.25, -0.2) is 9.59 Å². The molecule has 1 N–H and O–H groups in total. The van der Waals surface area contributed by atoms with Crippen LogP contribution >= 0.6 is 0 Å². The third-order valence-electron chi connectivity index (χ3n) is 3.34. The highest BCUT2D eigenvalue weighted by molar-refractivity contribution is 5.94. The molecule has 0 aliphatic heterocycles. The van der Waals surface area contributed by atoms with Crippen LogP contribution in [0, 0.1) is 0 Å². The molecule has 0 saturated carbocycles. The highest BCUT2D eigenvalue weighted by atomic mass is 16.5. The second kappa shape index (κ2) is 7.39. The third-order valence-corrected chi connectivity index (χ3v) is 3.34. The Bertz CT molecular complexity index is 890. The number of ether oxygens (including phenoxy) is 2. The third kappa shape index (κ3) is 3.72. The maximum Gasteiger partial charge on any atom is 0.361 e. The van der Waals surface area contributed by atoms with Crippen molar-refractivity contribution in [2.24, 2.45) is 0 Å². The molecule has 7 nitrogen and oxygen atoms in total. The quantitative estimate of drug-likeness (QED) is 0.568. The van der Waals surface area contributed by atoms with Crippen molar-refractivity contribution in [3.05, 3.63) is 65.9 Å². The van der Waals surface area contributed by atoms with E-state index < -0.39 is 11.9 Å². The minimum Gasteiger partial charge on any atom is -0.461 e. The number of aromatic nitrogens is 3. The molecule has 0 amide bonds. The molecule has 3 aromatic rings. The topological polar surface area (TPSA) is 94.2 Å². The van der Waals surface area contributed by atoms with E-state index in [9.17, 15) is 9.59 Å². The number of carbonyl (C=O) groups is 2. The summed E-state index contributed by atoms with van der Waals surface area (Å²) in [6.45, 7) is 1.95. The molecule has 0 atom stereocenters. The first-order valence-corrected chi connectivity index (χ1v) is 7.64. The van der Waals surface area contributed by atoms with Gasteiger partial charge in [0.15, 0.2) is 5.69 Å². The second-order valence-electron chi connectivity index (χ2n) is 5.02. The summed E-state index contributed by atoms with van der Waals surface area (Å²) in [5.41, 5.74) is 1.43. The summed E-state index contributed by atoms with van der Waals surface area (Å²) in [7, 11) is 0. The van der Waals surface area contributed by atoms with Crippen LogP contribution in [0.1, 0.15) is 27.8 Å². The molecule has 0 spiro atoms. The van der Waals surface area contributed by atoms with Crippen LogP contribution in [0.25, 0.3) is 11.3 Å². The summed E-state index contributed by atoms with van der Waals surface area (Å²) in [6.07, 6.45) is 0. The van der Waals surface area contributed by atoms with Crippen molar-refractivity contribution in [2.45, 2.75) is 6.92 Å². The Morgan fingerprint density at radius 3 is 2.56 bits per heavy atom. The van der Waals surface area contributed by atoms with Gasteiger partial charge in [0.25, 0.3) is 0 Å². The first-order valence-electron chi connectivity index (χ1n) is 7.64. The minimum absolute atomic E-state index is 0.0772. The number of esters is 2. The van der Waals surface area contributed by atoms with Crippen LogP contribution in [0.2, 0.25) is 0 Å². The van der Waals surface area contributed by atoms with E-state index in [0.717, 1.165) is 0 Å². The predicted molar refractivity (Wildman–Crippen MR) is 89.2 cm³/mol. The Morgan fingerprint density at radius 2 is 1.80 bits per heavy atom. The molecule has 0 saturated heterocycles. The smallest absolute Gasteiger partial charge is 0.361 e. The Hall–Kier alpha value is -3.48. The van der Waals surface area contributed by atoms with Crippen molar-refractivity contribution in [1.29, 1.82) is 0 Å². The number of nitrogens with zero attached hydrogens (tertiary/aromatic N) is 2. The lowest BCUT2D eigenvalue weighted by molar-refractivity contribution is 0.0520. The Labute approximate surface area is 143 Å².